The molecule has 0 fully saturated rings. The van der Waals surface area contributed by atoms with Gasteiger partial charge in [0.25, 0.3) is 0 Å². The molecule has 154 valence electrons. The average Bonchev–Trinajstić information content (AvgIpc) is 2.58. The van der Waals surface area contributed by atoms with Crippen molar-refractivity contribution in [3.05, 3.63) is 58.6 Å². The predicted molar refractivity (Wildman–Crippen MR) is 118 cm³/mol. The second-order valence-electron chi connectivity index (χ2n) is 9.03. The highest BCUT2D eigenvalue weighted by Crippen LogP contribution is 2.34. The number of halogens is 1. The molecule has 0 aliphatic rings. The maximum absolute atomic E-state index is 6.29. The van der Waals surface area contributed by atoms with Crippen LogP contribution in [0.2, 0.25) is 5.02 Å². The lowest BCUT2D eigenvalue weighted by molar-refractivity contribution is 0.236. The first kappa shape index (κ1) is 22.6. The molecule has 0 spiro atoms. The second kappa shape index (κ2) is 9.67. The Labute approximate surface area is 175 Å². The molecule has 0 aromatic heterocycles. The van der Waals surface area contributed by atoms with E-state index in [-0.39, 0.29) is 11.0 Å². The van der Waals surface area contributed by atoms with Crippen molar-refractivity contribution in [1.29, 1.82) is 0 Å². The predicted octanol–water partition coefficient (Wildman–Crippen LogP) is 6.62. The third-order valence-corrected chi connectivity index (χ3v) is 4.79. The Hall–Kier alpha value is -1.71. The van der Waals surface area contributed by atoms with Crippen molar-refractivity contribution in [2.45, 2.75) is 66.7 Å². The molecule has 3 nitrogen and oxygen atoms in total. The van der Waals surface area contributed by atoms with Gasteiger partial charge in [-0.3, -0.25) is 0 Å². The topological polar surface area (TPSA) is 30.5 Å². The summed E-state index contributed by atoms with van der Waals surface area (Å²) in [4.78, 5) is 0. The smallest absolute Gasteiger partial charge is 0.166 e. The van der Waals surface area contributed by atoms with Gasteiger partial charge in [0.1, 0.15) is 6.61 Å². The zero-order valence-corrected chi connectivity index (χ0v) is 18.8. The fraction of sp³-hybridized carbons (Fsp3) is 0.500. The van der Waals surface area contributed by atoms with E-state index < -0.39 is 0 Å². The monoisotopic (exact) mass is 403 g/mol. The number of nitrogens with one attached hydrogen (secondary N) is 1. The minimum Gasteiger partial charge on any atom is -0.490 e. The maximum Gasteiger partial charge on any atom is 0.166 e. The van der Waals surface area contributed by atoms with Crippen molar-refractivity contribution < 1.29 is 9.47 Å². The van der Waals surface area contributed by atoms with E-state index >= 15 is 0 Å². The number of hydrogen-bond donors (Lipinski definition) is 1. The van der Waals surface area contributed by atoms with Gasteiger partial charge in [-0.05, 0) is 44.7 Å². The molecular formula is C24H34ClNO2. The summed E-state index contributed by atoms with van der Waals surface area (Å²) in [5.74, 6) is 1.55. The standard InChI is InChI=1S/C24H34ClNO2/c1-7-27-21-14-10-12-18(15-26-24(5,6)17-23(2,3)4)22(21)28-16-19-11-8-9-13-20(19)25/h8-14,26H,7,15-17H2,1-6H3. The van der Waals surface area contributed by atoms with Gasteiger partial charge in [0, 0.05) is 28.2 Å². The van der Waals surface area contributed by atoms with Crippen LogP contribution in [0.3, 0.4) is 0 Å². The Morgan fingerprint density at radius 1 is 0.893 bits per heavy atom. The van der Waals surface area contributed by atoms with Crippen molar-refractivity contribution in [1.82, 2.24) is 5.32 Å². The van der Waals surface area contributed by atoms with Crippen LogP contribution < -0.4 is 14.8 Å². The molecule has 0 saturated carbocycles. The van der Waals surface area contributed by atoms with E-state index in [1.54, 1.807) is 0 Å². The lowest BCUT2D eigenvalue weighted by atomic mass is 9.81. The van der Waals surface area contributed by atoms with Crippen LogP contribution in [0.15, 0.2) is 42.5 Å². The first-order chi connectivity index (χ1) is 13.1. The van der Waals surface area contributed by atoms with Crippen LogP contribution in [0.4, 0.5) is 0 Å². The Kier molecular flexibility index (Phi) is 7.79. The lowest BCUT2D eigenvalue weighted by Gasteiger charge is -2.33. The van der Waals surface area contributed by atoms with Gasteiger partial charge in [0.15, 0.2) is 11.5 Å². The fourth-order valence-corrected chi connectivity index (χ4v) is 3.81. The van der Waals surface area contributed by atoms with E-state index in [1.807, 2.05) is 43.3 Å². The Balaban J connectivity index is 2.19. The van der Waals surface area contributed by atoms with Crippen molar-refractivity contribution in [2.24, 2.45) is 5.41 Å². The summed E-state index contributed by atoms with van der Waals surface area (Å²) in [5, 5.41) is 4.40. The number of hydrogen-bond acceptors (Lipinski definition) is 3. The summed E-state index contributed by atoms with van der Waals surface area (Å²) in [6, 6.07) is 13.8. The molecule has 0 unspecified atom stereocenters. The molecule has 4 heteroatoms. The van der Waals surface area contributed by atoms with Crippen LogP contribution in [0.1, 0.15) is 59.1 Å². The Bertz CT molecular complexity index is 765. The molecule has 0 heterocycles. The summed E-state index contributed by atoms with van der Waals surface area (Å²) in [5.41, 5.74) is 2.31. The minimum atomic E-state index is 0.0138. The molecular weight excluding hydrogens is 370 g/mol. The van der Waals surface area contributed by atoms with Crippen LogP contribution in [-0.2, 0) is 13.2 Å². The van der Waals surface area contributed by atoms with Gasteiger partial charge in [-0.25, -0.2) is 0 Å². The highest BCUT2D eigenvalue weighted by Gasteiger charge is 2.25. The molecule has 2 aromatic carbocycles. The number of rotatable bonds is 9. The normalized spacial score (nSPS) is 12.1. The summed E-state index contributed by atoms with van der Waals surface area (Å²) in [7, 11) is 0. The SMILES string of the molecule is CCOc1cccc(CNC(C)(C)CC(C)(C)C)c1OCc1ccccc1Cl. The van der Waals surface area contributed by atoms with Crippen LogP contribution in [0.5, 0.6) is 11.5 Å². The van der Waals surface area contributed by atoms with Gasteiger partial charge >= 0.3 is 0 Å². The number of benzene rings is 2. The summed E-state index contributed by atoms with van der Waals surface area (Å²) < 4.78 is 12.0. The van der Waals surface area contributed by atoms with Crippen molar-refractivity contribution in [2.75, 3.05) is 6.61 Å². The van der Waals surface area contributed by atoms with E-state index in [0.717, 1.165) is 29.0 Å². The van der Waals surface area contributed by atoms with Crippen molar-refractivity contribution >= 4 is 11.6 Å². The van der Waals surface area contributed by atoms with Gasteiger partial charge < -0.3 is 14.8 Å². The van der Waals surface area contributed by atoms with Gasteiger partial charge in [0.2, 0.25) is 0 Å². The number of para-hydroxylation sites is 1. The summed E-state index contributed by atoms with van der Waals surface area (Å²) >= 11 is 6.29. The second-order valence-corrected chi connectivity index (χ2v) is 9.44. The zero-order valence-electron chi connectivity index (χ0n) is 18.1. The van der Waals surface area contributed by atoms with Gasteiger partial charge in [-0.1, -0.05) is 62.7 Å². The van der Waals surface area contributed by atoms with Crippen molar-refractivity contribution in [3.8, 4) is 11.5 Å². The zero-order chi connectivity index (χ0) is 20.8. The fourth-order valence-electron chi connectivity index (χ4n) is 3.62. The highest BCUT2D eigenvalue weighted by atomic mass is 35.5. The Morgan fingerprint density at radius 3 is 2.21 bits per heavy atom. The third-order valence-electron chi connectivity index (χ3n) is 4.42. The molecule has 0 bridgehead atoms. The molecule has 0 atom stereocenters. The average molecular weight is 404 g/mol. The van der Waals surface area contributed by atoms with E-state index in [4.69, 9.17) is 21.1 Å². The summed E-state index contributed by atoms with van der Waals surface area (Å²) in [6.07, 6.45) is 1.07. The lowest BCUT2D eigenvalue weighted by Crippen LogP contribution is -2.41. The van der Waals surface area contributed by atoms with Crippen LogP contribution >= 0.6 is 11.6 Å². The Morgan fingerprint density at radius 2 is 1.57 bits per heavy atom. The third kappa shape index (κ3) is 7.03. The largest absolute Gasteiger partial charge is 0.490 e. The first-order valence-corrected chi connectivity index (χ1v) is 10.3. The van der Waals surface area contributed by atoms with Crippen molar-refractivity contribution in [3.63, 3.8) is 0 Å². The molecule has 0 aliphatic heterocycles. The van der Waals surface area contributed by atoms with E-state index in [9.17, 15) is 0 Å². The number of ether oxygens (including phenoxy) is 2. The highest BCUT2D eigenvalue weighted by molar-refractivity contribution is 6.31. The molecule has 0 radical (unpaired) electrons. The molecule has 2 rings (SSSR count). The maximum atomic E-state index is 6.29. The molecule has 2 aromatic rings. The molecule has 28 heavy (non-hydrogen) atoms. The first-order valence-electron chi connectivity index (χ1n) is 9.97. The molecule has 0 saturated heterocycles. The van der Waals surface area contributed by atoms with Crippen LogP contribution in [-0.4, -0.2) is 12.1 Å². The molecule has 0 amide bonds. The molecule has 0 aliphatic carbocycles. The van der Waals surface area contributed by atoms with E-state index in [1.165, 1.54) is 0 Å². The van der Waals surface area contributed by atoms with E-state index in [0.29, 0.717) is 24.8 Å². The summed E-state index contributed by atoms with van der Waals surface area (Å²) in [6.45, 7) is 15.0. The van der Waals surface area contributed by atoms with Crippen LogP contribution in [0, 0.1) is 5.41 Å². The van der Waals surface area contributed by atoms with Gasteiger partial charge in [0.05, 0.1) is 6.61 Å². The quantitative estimate of drug-likeness (QED) is 0.510. The van der Waals surface area contributed by atoms with Crippen LogP contribution in [0.25, 0.3) is 0 Å². The van der Waals surface area contributed by atoms with Gasteiger partial charge in [-0.15, -0.1) is 0 Å². The minimum absolute atomic E-state index is 0.0138. The molecule has 1 N–H and O–H groups in total. The van der Waals surface area contributed by atoms with E-state index in [2.05, 4.69) is 46.0 Å². The van der Waals surface area contributed by atoms with Gasteiger partial charge in [-0.2, -0.15) is 0 Å².